The molecule has 6 heteroatoms. The molecular formula is C5H7FO4S. The maximum absolute atomic E-state index is 12.0. The summed E-state index contributed by atoms with van der Waals surface area (Å²) in [4.78, 5) is 10.3. The molecule has 0 unspecified atom stereocenters. The van der Waals surface area contributed by atoms with Gasteiger partial charge in [0.2, 0.25) is 0 Å². The first kappa shape index (κ1) is 8.45. The summed E-state index contributed by atoms with van der Waals surface area (Å²) in [6, 6.07) is 0. The van der Waals surface area contributed by atoms with Crippen molar-refractivity contribution in [2.24, 2.45) is 5.41 Å². The number of hydrogen-bond acceptors (Lipinski definition) is 3. The third-order valence-corrected chi connectivity index (χ3v) is 3.69. The fourth-order valence-electron chi connectivity index (χ4n) is 1.06. The van der Waals surface area contributed by atoms with Gasteiger partial charge in [-0.2, -0.15) is 0 Å². The van der Waals surface area contributed by atoms with Gasteiger partial charge in [-0.15, -0.1) is 0 Å². The standard InChI is InChI=1S/C5H7FO4S/c6-1-5(4(7)8)2-11(9,10)3-5/h1-3H2,(H,7,8). The molecule has 0 saturated carbocycles. The van der Waals surface area contributed by atoms with Gasteiger partial charge >= 0.3 is 5.97 Å². The molecule has 0 aromatic rings. The highest BCUT2D eigenvalue weighted by atomic mass is 32.2. The highest BCUT2D eigenvalue weighted by Gasteiger charge is 2.54. The molecule has 0 bridgehead atoms. The molecule has 0 atom stereocenters. The van der Waals surface area contributed by atoms with Gasteiger partial charge in [0.25, 0.3) is 0 Å². The summed E-state index contributed by atoms with van der Waals surface area (Å²) in [7, 11) is -3.27. The van der Waals surface area contributed by atoms with E-state index in [1.54, 1.807) is 0 Å². The van der Waals surface area contributed by atoms with E-state index in [-0.39, 0.29) is 0 Å². The van der Waals surface area contributed by atoms with Crippen molar-refractivity contribution < 1.29 is 22.7 Å². The van der Waals surface area contributed by atoms with Crippen LogP contribution in [0.2, 0.25) is 0 Å². The molecule has 0 aromatic heterocycles. The predicted octanol–water partition coefficient (Wildman–Crippen LogP) is -0.545. The number of halogens is 1. The number of hydrogen-bond donors (Lipinski definition) is 1. The third-order valence-electron chi connectivity index (χ3n) is 1.70. The van der Waals surface area contributed by atoms with Crippen LogP contribution in [0.1, 0.15) is 0 Å². The first-order valence-corrected chi connectivity index (χ1v) is 4.74. The first-order chi connectivity index (χ1) is 4.92. The molecule has 0 spiro atoms. The lowest BCUT2D eigenvalue weighted by Gasteiger charge is -2.33. The molecule has 1 fully saturated rings. The SMILES string of the molecule is O=C(O)C1(CF)CS(=O)(=O)C1. The molecule has 1 aliphatic rings. The predicted molar refractivity (Wildman–Crippen MR) is 34.7 cm³/mol. The summed E-state index contributed by atoms with van der Waals surface area (Å²) in [6.45, 7) is -1.11. The lowest BCUT2D eigenvalue weighted by Crippen LogP contribution is -2.55. The van der Waals surface area contributed by atoms with Gasteiger partial charge in [-0.1, -0.05) is 0 Å². The normalized spacial score (nSPS) is 25.5. The zero-order valence-corrected chi connectivity index (χ0v) is 6.40. The summed E-state index contributed by atoms with van der Waals surface area (Å²) in [5.41, 5.74) is -1.64. The van der Waals surface area contributed by atoms with Crippen molar-refractivity contribution in [3.63, 3.8) is 0 Å². The van der Waals surface area contributed by atoms with Crippen LogP contribution in [-0.4, -0.2) is 37.7 Å². The number of aliphatic carboxylic acids is 1. The van der Waals surface area contributed by atoms with Gasteiger partial charge in [-0.25, -0.2) is 12.8 Å². The number of alkyl halides is 1. The highest BCUT2D eigenvalue weighted by molar-refractivity contribution is 7.93. The molecule has 1 rings (SSSR count). The summed E-state index contributed by atoms with van der Waals surface area (Å²) in [5.74, 6) is -2.49. The second-order valence-corrected chi connectivity index (χ2v) is 4.82. The van der Waals surface area contributed by atoms with E-state index in [1.165, 1.54) is 0 Å². The molecular weight excluding hydrogens is 175 g/mol. The van der Waals surface area contributed by atoms with E-state index >= 15 is 0 Å². The Hall–Kier alpha value is -0.650. The van der Waals surface area contributed by atoms with Crippen LogP contribution in [0.4, 0.5) is 4.39 Å². The van der Waals surface area contributed by atoms with Crippen molar-refractivity contribution in [1.82, 2.24) is 0 Å². The van der Waals surface area contributed by atoms with Crippen LogP contribution in [0.3, 0.4) is 0 Å². The van der Waals surface area contributed by atoms with Crippen LogP contribution in [-0.2, 0) is 14.6 Å². The molecule has 4 nitrogen and oxygen atoms in total. The highest BCUT2D eigenvalue weighted by Crippen LogP contribution is 2.33. The maximum Gasteiger partial charge on any atom is 0.314 e. The van der Waals surface area contributed by atoms with Crippen LogP contribution >= 0.6 is 0 Å². The van der Waals surface area contributed by atoms with E-state index in [2.05, 4.69) is 0 Å². The van der Waals surface area contributed by atoms with Gasteiger partial charge in [-0.05, 0) is 0 Å². The first-order valence-electron chi connectivity index (χ1n) is 2.92. The minimum Gasteiger partial charge on any atom is -0.481 e. The Kier molecular flexibility index (Phi) is 1.66. The van der Waals surface area contributed by atoms with E-state index in [9.17, 15) is 17.6 Å². The van der Waals surface area contributed by atoms with Gasteiger partial charge in [0, 0.05) is 0 Å². The van der Waals surface area contributed by atoms with Crippen molar-refractivity contribution in [3.8, 4) is 0 Å². The Labute approximate surface area is 62.9 Å². The van der Waals surface area contributed by atoms with Crippen molar-refractivity contribution >= 4 is 15.8 Å². The van der Waals surface area contributed by atoms with Crippen LogP contribution in [0.25, 0.3) is 0 Å². The van der Waals surface area contributed by atoms with E-state index in [1.807, 2.05) is 0 Å². The fourth-order valence-corrected chi connectivity index (χ4v) is 3.06. The second kappa shape index (κ2) is 2.17. The molecule has 64 valence electrons. The average molecular weight is 182 g/mol. The largest absolute Gasteiger partial charge is 0.481 e. The molecule has 0 aromatic carbocycles. The molecule has 0 amide bonds. The summed E-state index contributed by atoms with van der Waals surface area (Å²) in [6.07, 6.45) is 0. The molecule has 1 saturated heterocycles. The Bertz CT molecular complexity index is 269. The monoisotopic (exact) mass is 182 g/mol. The van der Waals surface area contributed by atoms with Crippen LogP contribution in [0.5, 0.6) is 0 Å². The topological polar surface area (TPSA) is 71.4 Å². The maximum atomic E-state index is 12.0. The quantitative estimate of drug-likeness (QED) is 0.622. The zero-order chi connectivity index (χ0) is 8.70. The van der Waals surface area contributed by atoms with E-state index < -0.39 is 39.4 Å². The summed E-state index contributed by atoms with van der Waals surface area (Å²) >= 11 is 0. The summed E-state index contributed by atoms with van der Waals surface area (Å²) < 4.78 is 33.1. The van der Waals surface area contributed by atoms with Crippen molar-refractivity contribution in [2.75, 3.05) is 18.2 Å². The molecule has 11 heavy (non-hydrogen) atoms. The number of carboxylic acids is 1. The molecule has 0 radical (unpaired) electrons. The van der Waals surface area contributed by atoms with Crippen LogP contribution in [0.15, 0.2) is 0 Å². The molecule has 1 N–H and O–H groups in total. The Morgan fingerprint density at radius 2 is 2.00 bits per heavy atom. The molecule has 1 heterocycles. The minimum absolute atomic E-state index is 0.564. The molecule has 0 aliphatic carbocycles. The summed E-state index contributed by atoms with van der Waals surface area (Å²) in [5, 5.41) is 8.41. The van der Waals surface area contributed by atoms with Crippen molar-refractivity contribution in [1.29, 1.82) is 0 Å². The number of sulfone groups is 1. The van der Waals surface area contributed by atoms with Gasteiger partial charge in [0.05, 0.1) is 11.5 Å². The molecule has 1 aliphatic heterocycles. The van der Waals surface area contributed by atoms with Gasteiger partial charge in [-0.3, -0.25) is 4.79 Å². The minimum atomic E-state index is -3.27. The van der Waals surface area contributed by atoms with E-state index in [0.29, 0.717) is 0 Å². The van der Waals surface area contributed by atoms with Crippen LogP contribution in [0, 0.1) is 5.41 Å². The zero-order valence-electron chi connectivity index (χ0n) is 5.58. The van der Waals surface area contributed by atoms with Gasteiger partial charge < -0.3 is 5.11 Å². The van der Waals surface area contributed by atoms with Gasteiger partial charge in [0.1, 0.15) is 12.1 Å². The fraction of sp³-hybridized carbons (Fsp3) is 0.800. The number of rotatable bonds is 2. The number of carbonyl (C=O) groups is 1. The van der Waals surface area contributed by atoms with Crippen LogP contribution < -0.4 is 0 Å². The smallest absolute Gasteiger partial charge is 0.314 e. The van der Waals surface area contributed by atoms with E-state index in [0.717, 1.165) is 0 Å². The van der Waals surface area contributed by atoms with Crippen molar-refractivity contribution in [3.05, 3.63) is 0 Å². The third kappa shape index (κ3) is 1.22. The van der Waals surface area contributed by atoms with Crippen molar-refractivity contribution in [2.45, 2.75) is 0 Å². The Morgan fingerprint density at radius 1 is 1.55 bits per heavy atom. The van der Waals surface area contributed by atoms with E-state index in [4.69, 9.17) is 5.11 Å². The lowest BCUT2D eigenvalue weighted by molar-refractivity contribution is -0.148. The second-order valence-electron chi connectivity index (χ2n) is 2.75. The Morgan fingerprint density at radius 3 is 2.09 bits per heavy atom. The Balaban J connectivity index is 2.80. The van der Waals surface area contributed by atoms with Gasteiger partial charge in [0.15, 0.2) is 9.84 Å². The lowest BCUT2D eigenvalue weighted by atomic mass is 9.94. The average Bonchev–Trinajstić information content (AvgIpc) is 1.81. The number of carboxylic acid groups (broad SMARTS) is 1.